The van der Waals surface area contributed by atoms with Gasteiger partial charge in [-0.2, -0.15) is 0 Å². The quantitative estimate of drug-likeness (QED) is 0.739. The molecule has 0 saturated carbocycles. The predicted octanol–water partition coefficient (Wildman–Crippen LogP) is 3.91. The summed E-state index contributed by atoms with van der Waals surface area (Å²) in [4.78, 5) is 12.6. The van der Waals surface area contributed by atoms with Gasteiger partial charge in [0.15, 0.2) is 0 Å². The Hall–Kier alpha value is -2.36. The van der Waals surface area contributed by atoms with Crippen LogP contribution in [0, 0.1) is 5.41 Å². The maximum atomic E-state index is 5.79. The minimum atomic E-state index is 0.104. The van der Waals surface area contributed by atoms with Gasteiger partial charge in [-0.25, -0.2) is 9.98 Å². The number of para-hydroxylation sites is 1. The first-order chi connectivity index (χ1) is 10.5. The van der Waals surface area contributed by atoms with Crippen LogP contribution in [0.2, 0.25) is 0 Å². The third-order valence-corrected chi connectivity index (χ3v) is 4.26. The zero-order chi connectivity index (χ0) is 15.3. The van der Waals surface area contributed by atoms with Crippen molar-refractivity contribution < 1.29 is 4.74 Å². The Morgan fingerprint density at radius 2 is 1.95 bits per heavy atom. The van der Waals surface area contributed by atoms with Crippen molar-refractivity contribution in [2.24, 2.45) is 10.4 Å². The average molecular weight is 293 g/mol. The number of ether oxygens (including phenoxy) is 1. The number of H-pyrrole nitrogens is 1. The molecule has 2 aromatic heterocycles. The molecule has 1 N–H and O–H groups in total. The molecule has 0 saturated heterocycles. The second kappa shape index (κ2) is 4.57. The zero-order valence-electron chi connectivity index (χ0n) is 13.1. The second-order valence-corrected chi connectivity index (χ2v) is 6.91. The van der Waals surface area contributed by atoms with Crippen molar-refractivity contribution in [2.45, 2.75) is 26.8 Å². The minimum Gasteiger partial charge on any atom is -0.474 e. The summed E-state index contributed by atoms with van der Waals surface area (Å²) >= 11 is 0. The van der Waals surface area contributed by atoms with Crippen LogP contribution in [0.15, 0.2) is 41.5 Å². The number of hydrogen-bond donors (Lipinski definition) is 1. The van der Waals surface area contributed by atoms with Crippen LogP contribution in [0.25, 0.3) is 21.8 Å². The van der Waals surface area contributed by atoms with Crippen molar-refractivity contribution in [2.75, 3.05) is 6.61 Å². The zero-order valence-corrected chi connectivity index (χ0v) is 13.1. The molecule has 1 unspecified atom stereocenters. The van der Waals surface area contributed by atoms with E-state index in [2.05, 4.69) is 55.0 Å². The summed E-state index contributed by atoms with van der Waals surface area (Å²) in [6.07, 6.45) is 1.86. The first-order valence-corrected chi connectivity index (χ1v) is 7.60. The highest BCUT2D eigenvalue weighted by atomic mass is 16.5. The van der Waals surface area contributed by atoms with Gasteiger partial charge in [0.2, 0.25) is 5.90 Å². The number of rotatable bonds is 1. The summed E-state index contributed by atoms with van der Waals surface area (Å²) in [5.41, 5.74) is 3.07. The molecule has 1 aliphatic rings. The van der Waals surface area contributed by atoms with Crippen molar-refractivity contribution in [3.05, 3.63) is 42.2 Å². The monoisotopic (exact) mass is 293 g/mol. The molecule has 4 rings (SSSR count). The molecule has 0 radical (unpaired) electrons. The molecule has 0 bridgehead atoms. The lowest BCUT2D eigenvalue weighted by Crippen LogP contribution is -2.25. The number of nitrogens with one attached hydrogen (secondary N) is 1. The van der Waals surface area contributed by atoms with Gasteiger partial charge in [0.1, 0.15) is 12.3 Å². The van der Waals surface area contributed by atoms with Crippen LogP contribution in [0.5, 0.6) is 0 Å². The summed E-state index contributed by atoms with van der Waals surface area (Å²) in [5, 5.41) is 2.36. The van der Waals surface area contributed by atoms with E-state index < -0.39 is 0 Å². The molecular formula is C18H19N3O. The number of hydrogen-bond acceptors (Lipinski definition) is 3. The smallest absolute Gasteiger partial charge is 0.235 e. The number of aliphatic imine (C=N–C) groups is 1. The van der Waals surface area contributed by atoms with Gasteiger partial charge < -0.3 is 9.72 Å². The molecule has 0 aliphatic carbocycles. The van der Waals surface area contributed by atoms with Crippen LogP contribution in [-0.4, -0.2) is 28.5 Å². The van der Waals surface area contributed by atoms with E-state index in [0.717, 1.165) is 22.1 Å². The van der Waals surface area contributed by atoms with Crippen molar-refractivity contribution >= 4 is 27.7 Å². The van der Waals surface area contributed by atoms with E-state index in [-0.39, 0.29) is 11.5 Å². The molecule has 1 atom stereocenters. The predicted molar refractivity (Wildman–Crippen MR) is 89.3 cm³/mol. The number of benzene rings is 1. The highest BCUT2D eigenvalue weighted by Crippen LogP contribution is 2.29. The number of aromatic amines is 1. The van der Waals surface area contributed by atoms with Gasteiger partial charge >= 0.3 is 0 Å². The molecule has 112 valence electrons. The largest absolute Gasteiger partial charge is 0.474 e. The summed E-state index contributed by atoms with van der Waals surface area (Å²) in [6, 6.07) is 10.5. The molecule has 1 aromatic carbocycles. The van der Waals surface area contributed by atoms with Crippen LogP contribution >= 0.6 is 0 Å². The Morgan fingerprint density at radius 3 is 2.73 bits per heavy atom. The van der Waals surface area contributed by atoms with Gasteiger partial charge in [0, 0.05) is 16.3 Å². The van der Waals surface area contributed by atoms with Gasteiger partial charge in [0.25, 0.3) is 0 Å². The van der Waals surface area contributed by atoms with Gasteiger partial charge in [-0.1, -0.05) is 39.0 Å². The van der Waals surface area contributed by atoms with Crippen LogP contribution in [-0.2, 0) is 4.74 Å². The lowest BCUT2D eigenvalue weighted by Gasteiger charge is -2.21. The van der Waals surface area contributed by atoms with E-state index in [4.69, 9.17) is 9.73 Å². The first-order valence-electron chi connectivity index (χ1n) is 7.60. The minimum absolute atomic E-state index is 0.104. The Labute approximate surface area is 129 Å². The number of nitrogens with zero attached hydrogens (tertiary/aromatic N) is 2. The van der Waals surface area contributed by atoms with Gasteiger partial charge in [-0.3, -0.25) is 0 Å². The SMILES string of the molecule is CC(C)(C)C1COC(c2cc3c(cn2)[nH]c2ccccc23)=N1. The fraction of sp³-hybridized carbons (Fsp3) is 0.333. The lowest BCUT2D eigenvalue weighted by atomic mass is 9.88. The molecule has 3 heterocycles. The van der Waals surface area contributed by atoms with E-state index in [1.165, 1.54) is 5.39 Å². The van der Waals surface area contributed by atoms with Crippen molar-refractivity contribution in [1.82, 2.24) is 9.97 Å². The molecule has 0 fully saturated rings. The van der Waals surface area contributed by atoms with E-state index in [1.54, 1.807) is 0 Å². The Balaban J connectivity index is 1.82. The van der Waals surface area contributed by atoms with E-state index >= 15 is 0 Å². The average Bonchev–Trinajstić information content (AvgIpc) is 3.11. The molecule has 4 nitrogen and oxygen atoms in total. The van der Waals surface area contributed by atoms with Gasteiger partial charge in [-0.05, 0) is 17.5 Å². The summed E-state index contributed by atoms with van der Waals surface area (Å²) < 4.78 is 5.79. The summed E-state index contributed by atoms with van der Waals surface area (Å²) in [7, 11) is 0. The van der Waals surface area contributed by atoms with E-state index in [1.807, 2.05) is 12.3 Å². The van der Waals surface area contributed by atoms with E-state index in [0.29, 0.717) is 12.5 Å². The van der Waals surface area contributed by atoms with Crippen molar-refractivity contribution in [1.29, 1.82) is 0 Å². The maximum absolute atomic E-state index is 5.79. The molecule has 4 heteroatoms. The summed E-state index contributed by atoms with van der Waals surface area (Å²) in [6.45, 7) is 7.18. The highest BCUT2D eigenvalue weighted by molar-refractivity contribution is 6.09. The first kappa shape index (κ1) is 13.3. The number of fused-ring (bicyclic) bond motifs is 3. The van der Waals surface area contributed by atoms with Gasteiger partial charge in [0.05, 0.1) is 17.8 Å². The standard InChI is InChI=1S/C18H19N3O/c1-18(2,3)16-10-22-17(21-16)14-8-12-11-6-4-5-7-13(11)20-15(12)9-19-14/h4-9,16,20H,10H2,1-3H3. The molecular weight excluding hydrogens is 274 g/mol. The second-order valence-electron chi connectivity index (χ2n) is 6.91. The fourth-order valence-corrected chi connectivity index (χ4v) is 2.82. The number of pyridine rings is 1. The van der Waals surface area contributed by atoms with Crippen molar-refractivity contribution in [3.63, 3.8) is 0 Å². The Kier molecular flexibility index (Phi) is 2.76. The summed E-state index contributed by atoms with van der Waals surface area (Å²) in [5.74, 6) is 0.659. The van der Waals surface area contributed by atoms with Crippen LogP contribution in [0.4, 0.5) is 0 Å². The Morgan fingerprint density at radius 1 is 1.14 bits per heavy atom. The Bertz CT molecular complexity index is 886. The van der Waals surface area contributed by atoms with E-state index in [9.17, 15) is 0 Å². The molecule has 22 heavy (non-hydrogen) atoms. The molecule has 0 spiro atoms. The fourth-order valence-electron chi connectivity index (χ4n) is 2.82. The topological polar surface area (TPSA) is 50.3 Å². The normalized spacial score (nSPS) is 18.7. The van der Waals surface area contributed by atoms with Crippen molar-refractivity contribution in [3.8, 4) is 0 Å². The highest BCUT2D eigenvalue weighted by Gasteiger charge is 2.31. The molecule has 0 amide bonds. The molecule has 3 aromatic rings. The van der Waals surface area contributed by atoms with Crippen LogP contribution in [0.3, 0.4) is 0 Å². The van der Waals surface area contributed by atoms with Gasteiger partial charge in [-0.15, -0.1) is 0 Å². The third kappa shape index (κ3) is 2.06. The maximum Gasteiger partial charge on any atom is 0.235 e. The lowest BCUT2D eigenvalue weighted by molar-refractivity contribution is 0.235. The van der Waals surface area contributed by atoms with Crippen LogP contribution in [0.1, 0.15) is 26.5 Å². The molecule has 1 aliphatic heterocycles. The number of aromatic nitrogens is 2. The van der Waals surface area contributed by atoms with Crippen LogP contribution < -0.4 is 0 Å². The third-order valence-electron chi connectivity index (χ3n) is 4.26.